The molecular formula is C13H15ClN4. The zero-order chi connectivity index (χ0) is 13.1. The monoisotopic (exact) mass is 262 g/mol. The largest absolute Gasteiger partial charge is 0.378 e. The van der Waals surface area contributed by atoms with Crippen molar-refractivity contribution in [1.82, 2.24) is 9.97 Å². The van der Waals surface area contributed by atoms with Crippen LogP contribution in [0.2, 0.25) is 5.28 Å². The highest BCUT2D eigenvalue weighted by Gasteiger charge is 2.04. The number of nitrogens with zero attached hydrogens (tertiary/aromatic N) is 3. The Kier molecular flexibility index (Phi) is 3.67. The molecule has 0 fully saturated rings. The van der Waals surface area contributed by atoms with Gasteiger partial charge < -0.3 is 10.2 Å². The van der Waals surface area contributed by atoms with Gasteiger partial charge in [0.2, 0.25) is 5.28 Å². The number of hydrogen-bond donors (Lipinski definition) is 1. The molecule has 0 aliphatic carbocycles. The van der Waals surface area contributed by atoms with Crippen LogP contribution in [0.4, 0.5) is 17.2 Å². The number of benzene rings is 1. The molecule has 2 rings (SSSR count). The van der Waals surface area contributed by atoms with Crippen LogP contribution in [-0.2, 0) is 0 Å². The first-order valence-corrected chi connectivity index (χ1v) is 5.97. The average Bonchev–Trinajstić information content (AvgIpc) is 2.34. The number of anilines is 3. The molecule has 1 aromatic heterocycles. The van der Waals surface area contributed by atoms with Gasteiger partial charge in [-0.15, -0.1) is 0 Å². The molecule has 94 valence electrons. The maximum absolute atomic E-state index is 5.79. The van der Waals surface area contributed by atoms with E-state index in [1.807, 2.05) is 44.1 Å². The number of nitrogens with one attached hydrogen (secondary N) is 1. The molecule has 18 heavy (non-hydrogen) atoms. The van der Waals surface area contributed by atoms with Crippen LogP contribution in [0, 0.1) is 6.92 Å². The van der Waals surface area contributed by atoms with Gasteiger partial charge in [-0.3, -0.25) is 0 Å². The third-order valence-corrected chi connectivity index (χ3v) is 2.75. The molecule has 0 spiro atoms. The Bertz CT molecular complexity index is 554. The van der Waals surface area contributed by atoms with E-state index in [0.29, 0.717) is 0 Å². The van der Waals surface area contributed by atoms with E-state index in [1.54, 1.807) is 6.20 Å². The molecule has 2 aromatic rings. The maximum Gasteiger partial charge on any atom is 0.224 e. The quantitative estimate of drug-likeness (QED) is 0.862. The van der Waals surface area contributed by atoms with Crippen LogP contribution in [-0.4, -0.2) is 24.1 Å². The van der Waals surface area contributed by atoms with E-state index < -0.39 is 0 Å². The van der Waals surface area contributed by atoms with E-state index >= 15 is 0 Å². The summed E-state index contributed by atoms with van der Waals surface area (Å²) in [6.07, 6.45) is 1.70. The fourth-order valence-electron chi connectivity index (χ4n) is 1.55. The van der Waals surface area contributed by atoms with Crippen molar-refractivity contribution >= 4 is 28.8 Å². The predicted octanol–water partition coefficient (Wildman–Crippen LogP) is 3.25. The smallest absolute Gasteiger partial charge is 0.224 e. The van der Waals surface area contributed by atoms with Gasteiger partial charge in [-0.05, 0) is 36.7 Å². The molecular weight excluding hydrogens is 248 g/mol. The Hall–Kier alpha value is -1.81. The zero-order valence-corrected chi connectivity index (χ0v) is 11.4. The van der Waals surface area contributed by atoms with Gasteiger partial charge in [0.05, 0.1) is 0 Å². The summed E-state index contributed by atoms with van der Waals surface area (Å²) in [7, 11) is 4.01. The van der Waals surface area contributed by atoms with Crippen molar-refractivity contribution < 1.29 is 0 Å². The third kappa shape index (κ3) is 2.90. The molecule has 0 amide bonds. The fourth-order valence-corrected chi connectivity index (χ4v) is 1.68. The lowest BCUT2D eigenvalue weighted by Gasteiger charge is -2.14. The Labute approximate surface area is 112 Å². The second-order valence-electron chi connectivity index (χ2n) is 4.24. The minimum atomic E-state index is 0.242. The first-order valence-electron chi connectivity index (χ1n) is 5.60. The van der Waals surface area contributed by atoms with E-state index in [4.69, 9.17) is 11.6 Å². The summed E-state index contributed by atoms with van der Waals surface area (Å²) < 4.78 is 0. The Morgan fingerprint density at radius 1 is 1.28 bits per heavy atom. The molecule has 0 aliphatic rings. The lowest BCUT2D eigenvalue weighted by molar-refractivity contribution is 1.12. The van der Waals surface area contributed by atoms with Crippen molar-refractivity contribution in [1.29, 1.82) is 0 Å². The Morgan fingerprint density at radius 2 is 2.06 bits per heavy atom. The van der Waals surface area contributed by atoms with Crippen molar-refractivity contribution in [3.63, 3.8) is 0 Å². The lowest BCUT2D eigenvalue weighted by Crippen LogP contribution is -2.08. The van der Waals surface area contributed by atoms with Crippen LogP contribution in [0.25, 0.3) is 0 Å². The molecule has 0 radical (unpaired) electrons. The van der Waals surface area contributed by atoms with Gasteiger partial charge in [-0.25, -0.2) is 9.97 Å². The topological polar surface area (TPSA) is 41.1 Å². The van der Waals surface area contributed by atoms with Gasteiger partial charge in [0.15, 0.2) is 0 Å². The van der Waals surface area contributed by atoms with Crippen LogP contribution < -0.4 is 10.2 Å². The van der Waals surface area contributed by atoms with Gasteiger partial charge in [-0.2, -0.15) is 0 Å². The van der Waals surface area contributed by atoms with Gasteiger partial charge >= 0.3 is 0 Å². The highest BCUT2D eigenvalue weighted by molar-refractivity contribution is 6.28. The number of aryl methyl sites for hydroxylation is 1. The number of halogens is 1. The first kappa shape index (κ1) is 12.6. The molecule has 1 heterocycles. The summed E-state index contributed by atoms with van der Waals surface area (Å²) in [4.78, 5) is 10.2. The van der Waals surface area contributed by atoms with Crippen molar-refractivity contribution in [3.05, 3.63) is 41.3 Å². The molecule has 1 aromatic carbocycles. The lowest BCUT2D eigenvalue weighted by atomic mass is 10.2. The van der Waals surface area contributed by atoms with Gasteiger partial charge in [0.1, 0.15) is 5.82 Å². The third-order valence-electron chi connectivity index (χ3n) is 2.57. The minimum Gasteiger partial charge on any atom is -0.378 e. The predicted molar refractivity (Wildman–Crippen MR) is 75.8 cm³/mol. The van der Waals surface area contributed by atoms with Crippen molar-refractivity contribution in [2.75, 3.05) is 24.3 Å². The van der Waals surface area contributed by atoms with E-state index in [2.05, 4.69) is 21.4 Å². The SMILES string of the molecule is Cc1cnc(Cl)nc1Nc1cccc(N(C)C)c1. The van der Waals surface area contributed by atoms with Gasteiger partial charge in [-0.1, -0.05) is 6.07 Å². The van der Waals surface area contributed by atoms with Crippen molar-refractivity contribution in [2.45, 2.75) is 6.92 Å². The number of rotatable bonds is 3. The molecule has 0 atom stereocenters. The van der Waals surface area contributed by atoms with E-state index in [0.717, 1.165) is 22.8 Å². The second-order valence-corrected chi connectivity index (χ2v) is 4.58. The molecule has 0 saturated heterocycles. The molecule has 4 nitrogen and oxygen atoms in total. The Balaban J connectivity index is 2.28. The van der Waals surface area contributed by atoms with E-state index in [-0.39, 0.29) is 5.28 Å². The van der Waals surface area contributed by atoms with Crippen LogP contribution >= 0.6 is 11.6 Å². The first-order chi connectivity index (χ1) is 8.56. The van der Waals surface area contributed by atoms with Crippen LogP contribution in [0.5, 0.6) is 0 Å². The normalized spacial score (nSPS) is 10.2. The minimum absolute atomic E-state index is 0.242. The highest BCUT2D eigenvalue weighted by atomic mass is 35.5. The molecule has 0 aliphatic heterocycles. The number of hydrogen-bond acceptors (Lipinski definition) is 4. The molecule has 5 heteroatoms. The molecule has 0 unspecified atom stereocenters. The van der Waals surface area contributed by atoms with Gasteiger partial charge in [0.25, 0.3) is 0 Å². The zero-order valence-electron chi connectivity index (χ0n) is 10.6. The van der Waals surface area contributed by atoms with Gasteiger partial charge in [0, 0.05) is 37.2 Å². The summed E-state index contributed by atoms with van der Waals surface area (Å²) in [5.74, 6) is 0.728. The van der Waals surface area contributed by atoms with Crippen molar-refractivity contribution in [2.24, 2.45) is 0 Å². The molecule has 0 saturated carbocycles. The highest BCUT2D eigenvalue weighted by Crippen LogP contribution is 2.22. The van der Waals surface area contributed by atoms with Crippen LogP contribution in [0.1, 0.15) is 5.56 Å². The average molecular weight is 263 g/mol. The Morgan fingerprint density at radius 3 is 2.78 bits per heavy atom. The van der Waals surface area contributed by atoms with E-state index in [9.17, 15) is 0 Å². The van der Waals surface area contributed by atoms with E-state index in [1.165, 1.54) is 0 Å². The summed E-state index contributed by atoms with van der Waals surface area (Å²) in [6.45, 7) is 1.94. The molecule has 0 bridgehead atoms. The standard InChI is InChI=1S/C13H15ClN4/c1-9-8-15-13(14)17-12(9)16-10-5-4-6-11(7-10)18(2)3/h4-8H,1-3H3,(H,15,16,17). The van der Waals surface area contributed by atoms with Crippen LogP contribution in [0.15, 0.2) is 30.5 Å². The summed E-state index contributed by atoms with van der Waals surface area (Å²) in [5, 5.41) is 3.49. The summed E-state index contributed by atoms with van der Waals surface area (Å²) >= 11 is 5.79. The van der Waals surface area contributed by atoms with Crippen LogP contribution in [0.3, 0.4) is 0 Å². The van der Waals surface area contributed by atoms with Crippen molar-refractivity contribution in [3.8, 4) is 0 Å². The second kappa shape index (κ2) is 5.23. The molecule has 1 N–H and O–H groups in total. The summed E-state index contributed by atoms with van der Waals surface area (Å²) in [6, 6.07) is 8.08. The summed E-state index contributed by atoms with van der Waals surface area (Å²) in [5.41, 5.74) is 3.05. The fraction of sp³-hybridized carbons (Fsp3) is 0.231. The number of aromatic nitrogens is 2. The maximum atomic E-state index is 5.79.